The highest BCUT2D eigenvalue weighted by atomic mass is 35.5. The van der Waals surface area contributed by atoms with Crippen LogP contribution in [-0.4, -0.2) is 17.0 Å². The van der Waals surface area contributed by atoms with Crippen molar-refractivity contribution in [3.63, 3.8) is 0 Å². The number of pyridine rings is 1. The van der Waals surface area contributed by atoms with Gasteiger partial charge >= 0.3 is 0 Å². The monoisotopic (exact) mass is 290 g/mol. The first-order valence-electron chi connectivity index (χ1n) is 6.24. The Hall–Kier alpha value is -2.07. The van der Waals surface area contributed by atoms with Gasteiger partial charge in [0.05, 0.1) is 16.7 Å². The highest BCUT2D eigenvalue weighted by Crippen LogP contribution is 2.19. The average molecular weight is 291 g/mol. The average Bonchev–Trinajstić information content (AvgIpc) is 2.41. The lowest BCUT2D eigenvalue weighted by Crippen LogP contribution is -2.12. The van der Waals surface area contributed by atoms with E-state index in [4.69, 9.17) is 16.3 Å². The van der Waals surface area contributed by atoms with Crippen molar-refractivity contribution in [1.29, 1.82) is 0 Å². The van der Waals surface area contributed by atoms with Crippen LogP contribution in [0.3, 0.4) is 0 Å². The van der Waals surface area contributed by atoms with Crippen molar-refractivity contribution >= 4 is 23.2 Å². The number of ether oxygens (including phenoxy) is 1. The van der Waals surface area contributed by atoms with E-state index in [2.05, 4.69) is 10.3 Å². The minimum Gasteiger partial charge on any atom is -0.491 e. The third-order valence-corrected chi connectivity index (χ3v) is 2.83. The van der Waals surface area contributed by atoms with Crippen molar-refractivity contribution in [2.75, 3.05) is 5.32 Å². The number of anilines is 1. The summed E-state index contributed by atoms with van der Waals surface area (Å²) in [5.41, 5.74) is 1.02. The van der Waals surface area contributed by atoms with Crippen molar-refractivity contribution in [3.8, 4) is 5.75 Å². The lowest BCUT2D eigenvalue weighted by atomic mass is 10.2. The summed E-state index contributed by atoms with van der Waals surface area (Å²) in [6, 6.07) is 8.75. The van der Waals surface area contributed by atoms with Crippen LogP contribution >= 0.6 is 11.6 Å². The van der Waals surface area contributed by atoms with E-state index in [1.165, 1.54) is 12.4 Å². The second-order valence-corrected chi connectivity index (χ2v) is 4.91. The molecule has 4 nitrogen and oxygen atoms in total. The maximum atomic E-state index is 12.0. The molecule has 1 aromatic carbocycles. The summed E-state index contributed by atoms with van der Waals surface area (Å²) in [6.07, 6.45) is 3.09. The van der Waals surface area contributed by atoms with Crippen LogP contribution in [0.4, 0.5) is 5.69 Å². The second kappa shape index (κ2) is 6.39. The van der Waals surface area contributed by atoms with Gasteiger partial charge in [-0.1, -0.05) is 11.6 Å². The van der Waals surface area contributed by atoms with Gasteiger partial charge in [0.15, 0.2) is 0 Å². The molecule has 0 atom stereocenters. The second-order valence-electron chi connectivity index (χ2n) is 4.50. The Morgan fingerprint density at radius 3 is 2.55 bits per heavy atom. The summed E-state index contributed by atoms with van der Waals surface area (Å²) in [6.45, 7) is 3.92. The zero-order valence-corrected chi connectivity index (χ0v) is 12.0. The van der Waals surface area contributed by atoms with Crippen molar-refractivity contribution in [3.05, 3.63) is 53.3 Å². The largest absolute Gasteiger partial charge is 0.491 e. The van der Waals surface area contributed by atoms with Gasteiger partial charge in [0, 0.05) is 18.1 Å². The van der Waals surface area contributed by atoms with Crippen molar-refractivity contribution < 1.29 is 9.53 Å². The maximum Gasteiger partial charge on any atom is 0.258 e. The fourth-order valence-corrected chi connectivity index (χ4v) is 1.82. The SMILES string of the molecule is CC(C)Oc1ccc(NC(=O)c2cnccc2Cl)cc1. The van der Waals surface area contributed by atoms with Crippen LogP contribution in [0, 0.1) is 0 Å². The molecular formula is C15H15ClN2O2. The van der Waals surface area contributed by atoms with Gasteiger partial charge in [0.1, 0.15) is 5.75 Å². The first kappa shape index (κ1) is 14.3. The van der Waals surface area contributed by atoms with Gasteiger partial charge in [-0.3, -0.25) is 9.78 Å². The maximum absolute atomic E-state index is 12.0. The zero-order valence-electron chi connectivity index (χ0n) is 11.3. The Morgan fingerprint density at radius 1 is 1.25 bits per heavy atom. The summed E-state index contributed by atoms with van der Waals surface area (Å²) in [5, 5.41) is 3.13. The number of nitrogens with one attached hydrogen (secondary N) is 1. The predicted octanol–water partition coefficient (Wildman–Crippen LogP) is 3.77. The van der Waals surface area contributed by atoms with Crippen LogP contribution in [0.25, 0.3) is 0 Å². The van der Waals surface area contributed by atoms with E-state index < -0.39 is 0 Å². The molecule has 0 aliphatic carbocycles. The quantitative estimate of drug-likeness (QED) is 0.932. The predicted molar refractivity (Wildman–Crippen MR) is 79.4 cm³/mol. The lowest BCUT2D eigenvalue weighted by Gasteiger charge is -2.10. The van der Waals surface area contributed by atoms with Gasteiger partial charge in [-0.05, 0) is 44.2 Å². The molecule has 5 heteroatoms. The molecule has 0 spiro atoms. The van der Waals surface area contributed by atoms with Gasteiger partial charge in [0.25, 0.3) is 5.91 Å². The molecule has 0 aliphatic rings. The van der Waals surface area contributed by atoms with Gasteiger partial charge in [-0.15, -0.1) is 0 Å². The third-order valence-electron chi connectivity index (χ3n) is 2.50. The Balaban J connectivity index is 2.07. The molecule has 1 aromatic heterocycles. The van der Waals surface area contributed by atoms with Gasteiger partial charge in [-0.25, -0.2) is 0 Å². The standard InChI is InChI=1S/C15H15ClN2O2/c1-10(2)20-12-5-3-11(4-6-12)18-15(19)13-9-17-8-7-14(13)16/h3-10H,1-2H3,(H,18,19). The summed E-state index contributed by atoms with van der Waals surface area (Å²) >= 11 is 5.95. The van der Waals surface area contributed by atoms with Gasteiger partial charge in [-0.2, -0.15) is 0 Å². The molecule has 0 saturated heterocycles. The molecule has 2 aromatic rings. The molecule has 1 amide bonds. The molecule has 0 bridgehead atoms. The van der Waals surface area contributed by atoms with E-state index in [-0.39, 0.29) is 12.0 Å². The third kappa shape index (κ3) is 3.71. The van der Waals surface area contributed by atoms with E-state index in [1.807, 2.05) is 13.8 Å². The molecule has 0 fully saturated rings. The number of halogens is 1. The molecular weight excluding hydrogens is 276 g/mol. The van der Waals surface area contributed by atoms with Crippen molar-refractivity contribution in [1.82, 2.24) is 4.98 Å². The van der Waals surface area contributed by atoms with E-state index in [1.54, 1.807) is 30.3 Å². The van der Waals surface area contributed by atoms with Crippen LogP contribution in [0.2, 0.25) is 5.02 Å². The van der Waals surface area contributed by atoms with Crippen LogP contribution in [0.15, 0.2) is 42.7 Å². The summed E-state index contributed by atoms with van der Waals surface area (Å²) < 4.78 is 5.53. The first-order valence-corrected chi connectivity index (χ1v) is 6.61. The van der Waals surface area contributed by atoms with Crippen LogP contribution in [0.1, 0.15) is 24.2 Å². The smallest absolute Gasteiger partial charge is 0.258 e. The first-order chi connectivity index (χ1) is 9.56. The summed E-state index contributed by atoms with van der Waals surface area (Å²) in [5.74, 6) is 0.470. The fraction of sp³-hybridized carbons (Fsp3) is 0.200. The summed E-state index contributed by atoms with van der Waals surface area (Å²) in [4.78, 5) is 15.9. The van der Waals surface area contributed by atoms with Crippen molar-refractivity contribution in [2.24, 2.45) is 0 Å². The number of carbonyl (C=O) groups excluding carboxylic acids is 1. The van der Waals surface area contributed by atoms with E-state index >= 15 is 0 Å². The van der Waals surface area contributed by atoms with Crippen LogP contribution < -0.4 is 10.1 Å². The van der Waals surface area contributed by atoms with Crippen molar-refractivity contribution in [2.45, 2.75) is 20.0 Å². The minimum atomic E-state index is -0.291. The number of rotatable bonds is 4. The zero-order chi connectivity index (χ0) is 14.5. The van der Waals surface area contributed by atoms with E-state index in [0.29, 0.717) is 16.3 Å². The molecule has 0 aliphatic heterocycles. The van der Waals surface area contributed by atoms with Crippen LogP contribution in [-0.2, 0) is 0 Å². The molecule has 0 radical (unpaired) electrons. The van der Waals surface area contributed by atoms with Crippen LogP contribution in [0.5, 0.6) is 5.75 Å². The Kier molecular flexibility index (Phi) is 4.58. The number of hydrogen-bond donors (Lipinski definition) is 1. The minimum absolute atomic E-state index is 0.115. The van der Waals surface area contributed by atoms with E-state index in [0.717, 1.165) is 5.75 Å². The summed E-state index contributed by atoms with van der Waals surface area (Å²) in [7, 11) is 0. The Morgan fingerprint density at radius 2 is 1.95 bits per heavy atom. The highest BCUT2D eigenvalue weighted by molar-refractivity contribution is 6.34. The number of carbonyl (C=O) groups is 1. The highest BCUT2D eigenvalue weighted by Gasteiger charge is 2.10. The molecule has 1 N–H and O–H groups in total. The molecule has 104 valence electrons. The number of amides is 1. The fourth-order valence-electron chi connectivity index (χ4n) is 1.63. The molecule has 1 heterocycles. The normalized spacial score (nSPS) is 10.4. The molecule has 2 rings (SSSR count). The topological polar surface area (TPSA) is 51.2 Å². The molecule has 0 unspecified atom stereocenters. The number of benzene rings is 1. The molecule has 0 saturated carbocycles. The Bertz CT molecular complexity index is 597. The number of aromatic nitrogens is 1. The van der Waals surface area contributed by atoms with Gasteiger partial charge < -0.3 is 10.1 Å². The van der Waals surface area contributed by atoms with Gasteiger partial charge in [0.2, 0.25) is 0 Å². The Labute approximate surface area is 122 Å². The lowest BCUT2D eigenvalue weighted by molar-refractivity contribution is 0.102. The molecule has 20 heavy (non-hydrogen) atoms. The number of hydrogen-bond acceptors (Lipinski definition) is 3. The van der Waals surface area contributed by atoms with E-state index in [9.17, 15) is 4.79 Å². The number of nitrogens with zero attached hydrogens (tertiary/aromatic N) is 1.